The lowest BCUT2D eigenvalue weighted by atomic mass is 10.1. The average molecular weight is 462 g/mol. The van der Waals surface area contributed by atoms with Crippen LogP contribution in [-0.2, 0) is 6.18 Å². The number of rotatable bonds is 6. The molecule has 2 amide bonds. The van der Waals surface area contributed by atoms with Gasteiger partial charge in [0.1, 0.15) is 4.88 Å². The number of benzene rings is 2. The van der Waals surface area contributed by atoms with Crippen LogP contribution >= 0.6 is 11.3 Å². The fourth-order valence-electron chi connectivity index (χ4n) is 2.75. The summed E-state index contributed by atoms with van der Waals surface area (Å²) in [5.74, 6) is -1.05. The van der Waals surface area contributed by atoms with Gasteiger partial charge in [0.05, 0.1) is 11.8 Å². The monoisotopic (exact) mass is 462 g/mol. The predicted molar refractivity (Wildman–Crippen MR) is 119 cm³/mol. The molecule has 3 rings (SSSR count). The molecule has 0 saturated heterocycles. The van der Waals surface area contributed by atoms with Gasteiger partial charge < -0.3 is 16.0 Å². The molecule has 3 aromatic rings. The minimum Gasteiger partial charge on any atom is -0.359 e. The van der Waals surface area contributed by atoms with Crippen molar-refractivity contribution in [3.63, 3.8) is 0 Å². The molecule has 0 spiro atoms. The van der Waals surface area contributed by atoms with E-state index in [0.29, 0.717) is 21.4 Å². The highest BCUT2D eigenvalue weighted by Crippen LogP contribution is 2.30. The largest absolute Gasteiger partial charge is 0.416 e. The van der Waals surface area contributed by atoms with Crippen LogP contribution in [0, 0.1) is 6.92 Å². The maximum Gasteiger partial charge on any atom is 0.416 e. The van der Waals surface area contributed by atoms with E-state index in [1.54, 1.807) is 25.1 Å². The van der Waals surface area contributed by atoms with Crippen molar-refractivity contribution in [3.8, 4) is 0 Å². The number of halogens is 3. The van der Waals surface area contributed by atoms with Crippen LogP contribution in [0.5, 0.6) is 0 Å². The third-order valence-electron chi connectivity index (χ3n) is 4.34. The van der Waals surface area contributed by atoms with Crippen LogP contribution < -0.4 is 16.0 Å². The highest BCUT2D eigenvalue weighted by molar-refractivity contribution is 7.17. The normalized spacial score (nSPS) is 11.3. The van der Waals surface area contributed by atoms with Crippen LogP contribution in [0.25, 0.3) is 0 Å². The summed E-state index contributed by atoms with van der Waals surface area (Å²) in [4.78, 5) is 29.6. The van der Waals surface area contributed by atoms with E-state index in [2.05, 4.69) is 20.9 Å². The van der Waals surface area contributed by atoms with Crippen molar-refractivity contribution in [1.82, 2.24) is 4.98 Å². The summed E-state index contributed by atoms with van der Waals surface area (Å²) in [5.41, 5.74) is 0.516. The lowest BCUT2D eigenvalue weighted by Gasteiger charge is -2.12. The van der Waals surface area contributed by atoms with E-state index in [-0.39, 0.29) is 17.5 Å². The molecule has 1 aromatic heterocycles. The number of nitrogens with zero attached hydrogens (tertiary/aromatic N) is 1. The van der Waals surface area contributed by atoms with Crippen LogP contribution in [0.4, 0.5) is 29.7 Å². The molecule has 0 bridgehead atoms. The molecule has 168 valence electrons. The van der Waals surface area contributed by atoms with Gasteiger partial charge in [0.2, 0.25) is 0 Å². The molecule has 0 radical (unpaired) electrons. The second kappa shape index (κ2) is 9.39. The summed E-state index contributed by atoms with van der Waals surface area (Å²) < 4.78 is 38.7. The molecule has 32 heavy (non-hydrogen) atoms. The number of aromatic nitrogens is 1. The van der Waals surface area contributed by atoms with E-state index in [4.69, 9.17) is 0 Å². The Morgan fingerprint density at radius 2 is 1.78 bits per heavy atom. The van der Waals surface area contributed by atoms with Crippen molar-refractivity contribution in [2.75, 3.05) is 16.0 Å². The van der Waals surface area contributed by atoms with E-state index in [0.717, 1.165) is 17.7 Å². The number of thiazole rings is 1. The quantitative estimate of drug-likeness (QED) is 0.433. The van der Waals surface area contributed by atoms with Crippen molar-refractivity contribution in [2.45, 2.75) is 33.0 Å². The van der Waals surface area contributed by atoms with E-state index >= 15 is 0 Å². The first-order valence-electron chi connectivity index (χ1n) is 9.66. The van der Waals surface area contributed by atoms with Crippen molar-refractivity contribution in [2.24, 2.45) is 0 Å². The standard InChI is InChI=1S/C22H21F3N4O2S/c1-12(2)27-21-26-11-18(32-21)20(31)29-17-10-16(8-7-13(17)3)28-19(30)14-5-4-6-15(9-14)22(23,24)25/h4-12H,1-3H3,(H,26,27)(H,28,30)(H,29,31). The van der Waals surface area contributed by atoms with Crippen LogP contribution in [0.3, 0.4) is 0 Å². The fraction of sp³-hybridized carbons (Fsp3) is 0.227. The Balaban J connectivity index is 1.74. The minimum atomic E-state index is -4.54. The van der Waals surface area contributed by atoms with Crippen LogP contribution in [0.2, 0.25) is 0 Å². The Morgan fingerprint density at radius 1 is 1.03 bits per heavy atom. The van der Waals surface area contributed by atoms with Gasteiger partial charge in [0.25, 0.3) is 11.8 Å². The molecule has 2 aromatic carbocycles. The Morgan fingerprint density at radius 3 is 2.47 bits per heavy atom. The van der Waals surface area contributed by atoms with E-state index < -0.39 is 17.6 Å². The van der Waals surface area contributed by atoms with Gasteiger partial charge in [-0.15, -0.1) is 0 Å². The lowest BCUT2D eigenvalue weighted by Crippen LogP contribution is -2.15. The number of alkyl halides is 3. The van der Waals surface area contributed by atoms with Gasteiger partial charge in [-0.2, -0.15) is 13.2 Å². The first-order valence-corrected chi connectivity index (χ1v) is 10.5. The van der Waals surface area contributed by atoms with Crippen LogP contribution in [0.15, 0.2) is 48.7 Å². The molecule has 6 nitrogen and oxygen atoms in total. The number of aryl methyl sites for hydroxylation is 1. The van der Waals surface area contributed by atoms with Gasteiger partial charge in [-0.1, -0.05) is 23.5 Å². The summed E-state index contributed by atoms with van der Waals surface area (Å²) in [6, 6.07) is 9.19. The summed E-state index contributed by atoms with van der Waals surface area (Å²) in [6.45, 7) is 5.71. The second-order valence-electron chi connectivity index (χ2n) is 7.35. The van der Waals surface area contributed by atoms with E-state index in [1.165, 1.54) is 29.7 Å². The first-order chi connectivity index (χ1) is 15.0. The van der Waals surface area contributed by atoms with Crippen molar-refractivity contribution in [3.05, 3.63) is 70.2 Å². The third-order valence-corrected chi connectivity index (χ3v) is 5.26. The van der Waals surface area contributed by atoms with Crippen LogP contribution in [0.1, 0.15) is 45.0 Å². The SMILES string of the molecule is Cc1ccc(NC(=O)c2cccc(C(F)(F)F)c2)cc1NC(=O)c1cnc(NC(C)C)s1. The third kappa shape index (κ3) is 5.85. The number of hydrogen-bond donors (Lipinski definition) is 3. The molecule has 0 aliphatic rings. The summed E-state index contributed by atoms with van der Waals surface area (Å²) >= 11 is 1.21. The minimum absolute atomic E-state index is 0.124. The highest BCUT2D eigenvalue weighted by atomic mass is 32.1. The summed E-state index contributed by atoms with van der Waals surface area (Å²) in [7, 11) is 0. The zero-order chi connectivity index (χ0) is 23.5. The van der Waals surface area contributed by atoms with E-state index in [1.807, 2.05) is 13.8 Å². The number of nitrogens with one attached hydrogen (secondary N) is 3. The van der Waals surface area contributed by atoms with Gasteiger partial charge in [-0.05, 0) is 56.7 Å². The van der Waals surface area contributed by atoms with Gasteiger partial charge in [-0.3, -0.25) is 9.59 Å². The highest BCUT2D eigenvalue weighted by Gasteiger charge is 2.30. The van der Waals surface area contributed by atoms with Gasteiger partial charge in [-0.25, -0.2) is 4.98 Å². The molecule has 0 saturated carbocycles. The predicted octanol–water partition coefficient (Wildman–Crippen LogP) is 5.80. The van der Waals surface area contributed by atoms with Crippen LogP contribution in [-0.4, -0.2) is 22.8 Å². The second-order valence-corrected chi connectivity index (χ2v) is 8.38. The number of hydrogen-bond acceptors (Lipinski definition) is 5. The zero-order valence-electron chi connectivity index (χ0n) is 17.5. The molecule has 0 atom stereocenters. The Kier molecular flexibility index (Phi) is 6.83. The van der Waals surface area contributed by atoms with E-state index in [9.17, 15) is 22.8 Å². The topological polar surface area (TPSA) is 83.1 Å². The zero-order valence-corrected chi connectivity index (χ0v) is 18.3. The van der Waals surface area contributed by atoms with Crippen molar-refractivity contribution >= 4 is 39.7 Å². The number of amides is 2. The number of anilines is 3. The number of carbonyl (C=O) groups is 2. The molecule has 0 aliphatic heterocycles. The molecular formula is C22H21F3N4O2S. The maximum absolute atomic E-state index is 12.9. The molecule has 0 unspecified atom stereocenters. The van der Waals surface area contributed by atoms with Crippen molar-refractivity contribution in [1.29, 1.82) is 0 Å². The average Bonchev–Trinajstić information content (AvgIpc) is 3.18. The summed E-state index contributed by atoms with van der Waals surface area (Å²) in [5, 5.41) is 9.10. The van der Waals surface area contributed by atoms with Gasteiger partial charge in [0, 0.05) is 23.0 Å². The smallest absolute Gasteiger partial charge is 0.359 e. The van der Waals surface area contributed by atoms with Gasteiger partial charge in [0.15, 0.2) is 5.13 Å². The summed E-state index contributed by atoms with van der Waals surface area (Å²) in [6.07, 6.45) is -3.07. The Hall–Kier alpha value is -3.40. The van der Waals surface area contributed by atoms with Crippen molar-refractivity contribution < 1.29 is 22.8 Å². The Labute approximate surface area is 186 Å². The molecule has 0 aliphatic carbocycles. The molecular weight excluding hydrogens is 441 g/mol. The first kappa shape index (κ1) is 23.3. The molecule has 1 heterocycles. The molecule has 3 N–H and O–H groups in total. The lowest BCUT2D eigenvalue weighted by molar-refractivity contribution is -0.137. The fourth-order valence-corrected chi connectivity index (χ4v) is 3.61. The maximum atomic E-state index is 12.9. The molecule has 10 heteroatoms. The van der Waals surface area contributed by atoms with Gasteiger partial charge >= 0.3 is 6.18 Å². The number of carbonyl (C=O) groups excluding carboxylic acids is 2. The Bertz CT molecular complexity index is 1140. The molecule has 0 fully saturated rings.